The highest BCUT2D eigenvalue weighted by Gasteiger charge is 2.21. The van der Waals surface area contributed by atoms with Crippen molar-refractivity contribution in [1.82, 2.24) is 15.3 Å². The molecule has 4 rings (SSSR count). The standard InChI is InChI=1S/C28H26F3N3O2.C2H6/c1-3-5-18-10-11-24(23-6-4-7-25(33-23)27(30)31)34-26(18)12-17(2)14-32-28(35)19-8-9-20-15-36-16-22(29)21(20)13-19;1-2/h4-13,22,27H,2-3,14-16H2,1H3,(H,32,35);1-2H3/b18-5+,26-12+;. The number of hydrogen-bond acceptors (Lipinski definition) is 4. The van der Waals surface area contributed by atoms with Crippen LogP contribution >= 0.6 is 0 Å². The van der Waals surface area contributed by atoms with Crippen molar-refractivity contribution in [1.29, 1.82) is 0 Å². The number of halogens is 3. The van der Waals surface area contributed by atoms with Crippen LogP contribution in [0.25, 0.3) is 23.5 Å². The molecule has 0 saturated heterocycles. The Kier molecular flexibility index (Phi) is 10.4. The fraction of sp³-hybridized carbons (Fsp3) is 0.300. The third kappa shape index (κ3) is 7.16. The van der Waals surface area contributed by atoms with Crippen LogP contribution in [0.3, 0.4) is 0 Å². The molecule has 8 heteroatoms. The molecule has 1 aromatic carbocycles. The molecule has 0 aliphatic carbocycles. The van der Waals surface area contributed by atoms with E-state index in [1.165, 1.54) is 12.1 Å². The fourth-order valence-electron chi connectivity index (χ4n) is 3.91. The lowest BCUT2D eigenvalue weighted by atomic mass is 9.99. The number of carbonyl (C=O) groups excluding carboxylic acids is 1. The molecule has 3 heterocycles. The largest absolute Gasteiger partial charge is 0.373 e. The summed E-state index contributed by atoms with van der Waals surface area (Å²) in [5.74, 6) is -0.346. The second-order valence-electron chi connectivity index (χ2n) is 8.41. The molecule has 1 N–H and O–H groups in total. The first kappa shape index (κ1) is 28.8. The molecular formula is C30H32F3N3O2. The molecule has 1 unspecified atom stereocenters. The number of carbonyl (C=O) groups is 1. The third-order valence-corrected chi connectivity index (χ3v) is 5.72. The van der Waals surface area contributed by atoms with Gasteiger partial charge < -0.3 is 10.1 Å². The van der Waals surface area contributed by atoms with Crippen LogP contribution < -0.4 is 15.9 Å². The number of nitrogens with zero attached hydrogens (tertiary/aromatic N) is 2. The van der Waals surface area contributed by atoms with E-state index in [1.807, 2.05) is 32.9 Å². The Morgan fingerprint density at radius 3 is 2.66 bits per heavy atom. The van der Waals surface area contributed by atoms with Gasteiger partial charge in [0.2, 0.25) is 0 Å². The zero-order valence-electron chi connectivity index (χ0n) is 21.8. The summed E-state index contributed by atoms with van der Waals surface area (Å²) in [4.78, 5) is 21.3. The second-order valence-corrected chi connectivity index (χ2v) is 8.41. The lowest BCUT2D eigenvalue weighted by Gasteiger charge is -2.20. The monoisotopic (exact) mass is 523 g/mol. The van der Waals surface area contributed by atoms with Crippen LogP contribution in [0.4, 0.5) is 13.2 Å². The van der Waals surface area contributed by atoms with Crippen LogP contribution in [0.1, 0.15) is 67.0 Å². The van der Waals surface area contributed by atoms with E-state index in [-0.39, 0.29) is 24.8 Å². The molecule has 1 aliphatic heterocycles. The summed E-state index contributed by atoms with van der Waals surface area (Å²) < 4.78 is 45.5. The van der Waals surface area contributed by atoms with E-state index >= 15 is 0 Å². The smallest absolute Gasteiger partial charge is 0.280 e. The van der Waals surface area contributed by atoms with Gasteiger partial charge in [0.05, 0.1) is 30.0 Å². The minimum absolute atomic E-state index is 0.0189. The minimum Gasteiger partial charge on any atom is -0.373 e. The van der Waals surface area contributed by atoms with Gasteiger partial charge in [-0.05, 0) is 64.7 Å². The van der Waals surface area contributed by atoms with Crippen molar-refractivity contribution in [2.24, 2.45) is 0 Å². The Hall–Kier alpha value is -3.78. The number of fused-ring (bicyclic) bond motifs is 1. The van der Waals surface area contributed by atoms with E-state index in [1.54, 1.807) is 36.4 Å². The van der Waals surface area contributed by atoms with Gasteiger partial charge in [0.25, 0.3) is 12.3 Å². The molecule has 0 radical (unpaired) electrons. The van der Waals surface area contributed by atoms with Gasteiger partial charge in [-0.25, -0.2) is 23.1 Å². The summed E-state index contributed by atoms with van der Waals surface area (Å²) in [7, 11) is 0. The van der Waals surface area contributed by atoms with Crippen LogP contribution in [0, 0.1) is 0 Å². The quantitative estimate of drug-likeness (QED) is 0.438. The van der Waals surface area contributed by atoms with Gasteiger partial charge in [0.1, 0.15) is 11.9 Å². The molecule has 2 aromatic heterocycles. The van der Waals surface area contributed by atoms with Crippen LogP contribution in [0.15, 0.2) is 60.7 Å². The summed E-state index contributed by atoms with van der Waals surface area (Å²) in [5.41, 5.74) is 2.64. The van der Waals surface area contributed by atoms with Crippen LogP contribution in [-0.4, -0.2) is 29.0 Å². The zero-order valence-corrected chi connectivity index (χ0v) is 21.8. The summed E-state index contributed by atoms with van der Waals surface area (Å²) in [5, 5.41) is 4.24. The number of alkyl halides is 3. The fourth-order valence-corrected chi connectivity index (χ4v) is 3.91. The molecule has 5 nitrogen and oxygen atoms in total. The summed E-state index contributed by atoms with van der Waals surface area (Å²) in [6, 6.07) is 12.9. The molecule has 3 aromatic rings. The molecule has 38 heavy (non-hydrogen) atoms. The van der Waals surface area contributed by atoms with E-state index in [2.05, 4.69) is 21.9 Å². The van der Waals surface area contributed by atoms with Crippen molar-refractivity contribution in [3.8, 4) is 11.4 Å². The number of amides is 1. The molecule has 0 fully saturated rings. The predicted molar refractivity (Wildman–Crippen MR) is 144 cm³/mol. The first-order valence-electron chi connectivity index (χ1n) is 12.6. The molecule has 200 valence electrons. The number of nitrogens with one attached hydrogen (secondary N) is 1. The Labute approximate surface area is 220 Å². The van der Waals surface area contributed by atoms with Crippen molar-refractivity contribution in [2.75, 3.05) is 13.2 Å². The van der Waals surface area contributed by atoms with Crippen molar-refractivity contribution in [2.45, 2.75) is 46.4 Å². The first-order chi connectivity index (χ1) is 18.4. The zero-order chi connectivity index (χ0) is 27.7. The lowest BCUT2D eigenvalue weighted by molar-refractivity contribution is 0.0512. The lowest BCUT2D eigenvalue weighted by Crippen LogP contribution is -2.30. The first-order valence-corrected chi connectivity index (χ1v) is 12.6. The van der Waals surface area contributed by atoms with E-state index in [0.29, 0.717) is 40.0 Å². The highest BCUT2D eigenvalue weighted by molar-refractivity contribution is 5.94. The predicted octanol–water partition coefficient (Wildman–Crippen LogP) is 5.61. The molecule has 0 spiro atoms. The van der Waals surface area contributed by atoms with Crippen LogP contribution in [0.2, 0.25) is 0 Å². The van der Waals surface area contributed by atoms with E-state index < -0.39 is 12.6 Å². The summed E-state index contributed by atoms with van der Waals surface area (Å²) in [6.07, 6.45) is 0.563. The molecule has 1 atom stereocenters. The number of benzene rings is 1. The van der Waals surface area contributed by atoms with E-state index in [0.717, 1.165) is 17.2 Å². The summed E-state index contributed by atoms with van der Waals surface area (Å²) in [6.45, 7) is 10.5. The van der Waals surface area contributed by atoms with Gasteiger partial charge in [-0.3, -0.25) is 4.79 Å². The third-order valence-electron chi connectivity index (χ3n) is 5.72. The molecule has 1 amide bonds. The Bertz CT molecular complexity index is 1410. The minimum atomic E-state index is -2.67. The average Bonchev–Trinajstić information content (AvgIpc) is 2.94. The molecular weight excluding hydrogens is 491 g/mol. The Morgan fingerprint density at radius 1 is 1.16 bits per heavy atom. The van der Waals surface area contributed by atoms with Gasteiger partial charge in [0, 0.05) is 12.1 Å². The average molecular weight is 524 g/mol. The number of ether oxygens (including phenoxy) is 1. The topological polar surface area (TPSA) is 64.1 Å². The maximum Gasteiger partial charge on any atom is 0.280 e. The second kappa shape index (κ2) is 13.7. The summed E-state index contributed by atoms with van der Waals surface area (Å²) >= 11 is 0. The Balaban J connectivity index is 0.00000195. The maximum atomic E-state index is 14.2. The molecule has 0 saturated carbocycles. The molecule has 1 aliphatic rings. The number of aromatic nitrogens is 2. The van der Waals surface area contributed by atoms with E-state index in [9.17, 15) is 18.0 Å². The highest BCUT2D eigenvalue weighted by atomic mass is 19.3. The van der Waals surface area contributed by atoms with Gasteiger partial charge in [-0.2, -0.15) is 0 Å². The van der Waals surface area contributed by atoms with Crippen molar-refractivity contribution in [3.63, 3.8) is 0 Å². The van der Waals surface area contributed by atoms with Crippen LogP contribution in [0.5, 0.6) is 0 Å². The van der Waals surface area contributed by atoms with Gasteiger partial charge in [-0.15, -0.1) is 0 Å². The van der Waals surface area contributed by atoms with Gasteiger partial charge in [0.15, 0.2) is 0 Å². The van der Waals surface area contributed by atoms with E-state index in [4.69, 9.17) is 4.74 Å². The van der Waals surface area contributed by atoms with Gasteiger partial charge >= 0.3 is 0 Å². The van der Waals surface area contributed by atoms with Crippen LogP contribution in [-0.2, 0) is 11.3 Å². The SMILES string of the molecule is C=C(/C=c1/nc(-c2cccc(C(F)F)n2)cc/c1=C\CC)CNC(=O)c1ccc2c(c1)C(F)COC2.CC. The number of rotatable bonds is 7. The van der Waals surface area contributed by atoms with Crippen molar-refractivity contribution in [3.05, 3.63) is 93.6 Å². The van der Waals surface area contributed by atoms with Crippen molar-refractivity contribution < 1.29 is 22.7 Å². The van der Waals surface area contributed by atoms with Gasteiger partial charge in [-0.1, -0.05) is 51.6 Å². The van der Waals surface area contributed by atoms with Crippen molar-refractivity contribution >= 4 is 18.1 Å². The Morgan fingerprint density at radius 2 is 1.92 bits per heavy atom. The number of pyridine rings is 2. The molecule has 0 bridgehead atoms. The highest BCUT2D eigenvalue weighted by Crippen LogP contribution is 2.28. The normalized spacial score (nSPS) is 15.5. The number of hydrogen-bond donors (Lipinski definition) is 1. The maximum absolute atomic E-state index is 14.2.